The van der Waals surface area contributed by atoms with Crippen LogP contribution in [-0.2, 0) is 4.74 Å². The van der Waals surface area contributed by atoms with Crippen LogP contribution in [0.15, 0.2) is 49.1 Å². The SMILES string of the molecule is CC(C)c1cnc2cc(OCC3(C)CN(C(=O)OC(C)(C)C)C3)ccn12.CC(C)c1cnc2cc(OCC3(C)CNC3)ccn12.[H-].[K+]. The predicted octanol–water partition coefficient (Wildman–Crippen LogP) is 3.66. The number of hydrogen-bond donors (Lipinski definition) is 1. The van der Waals surface area contributed by atoms with Gasteiger partial charge in [-0.1, -0.05) is 41.5 Å². The van der Waals surface area contributed by atoms with E-state index in [1.54, 1.807) is 4.90 Å². The Bertz CT molecular complexity index is 1640. The van der Waals surface area contributed by atoms with Crippen molar-refractivity contribution in [3.8, 4) is 11.5 Å². The third-order valence-corrected chi connectivity index (χ3v) is 8.28. The van der Waals surface area contributed by atoms with E-state index in [1.165, 1.54) is 11.4 Å². The summed E-state index contributed by atoms with van der Waals surface area (Å²) in [7, 11) is 0. The number of likely N-dealkylation sites (tertiary alicyclic amines) is 1. The Morgan fingerprint density at radius 2 is 1.33 bits per heavy atom. The van der Waals surface area contributed by atoms with Gasteiger partial charge in [-0.2, -0.15) is 0 Å². The number of amides is 1. The van der Waals surface area contributed by atoms with Crippen molar-refractivity contribution in [3.05, 3.63) is 60.4 Å². The van der Waals surface area contributed by atoms with Crippen molar-refractivity contribution in [3.63, 3.8) is 0 Å². The molecule has 10 nitrogen and oxygen atoms in total. The number of rotatable bonds is 8. The second-order valence-electron chi connectivity index (χ2n) is 15.0. The quantitative estimate of drug-likeness (QED) is 0.289. The van der Waals surface area contributed by atoms with Gasteiger partial charge in [0, 0.05) is 85.3 Å². The number of fused-ring (bicyclic) bond motifs is 2. The first-order valence-electron chi connectivity index (χ1n) is 16.0. The van der Waals surface area contributed by atoms with Gasteiger partial charge >= 0.3 is 57.5 Å². The molecule has 1 amide bonds. The Balaban J connectivity index is 0.000000255. The van der Waals surface area contributed by atoms with Crippen molar-refractivity contribution in [1.82, 2.24) is 29.0 Å². The van der Waals surface area contributed by atoms with Gasteiger partial charge in [0.05, 0.1) is 13.2 Å². The Kier molecular flexibility index (Phi) is 11.6. The fourth-order valence-corrected chi connectivity index (χ4v) is 5.59. The van der Waals surface area contributed by atoms with Crippen molar-refractivity contribution in [1.29, 1.82) is 0 Å². The van der Waals surface area contributed by atoms with Crippen LogP contribution in [0.25, 0.3) is 11.3 Å². The summed E-state index contributed by atoms with van der Waals surface area (Å²) in [4.78, 5) is 22.7. The largest absolute Gasteiger partial charge is 1.00 e. The van der Waals surface area contributed by atoms with Gasteiger partial charge in [0.15, 0.2) is 0 Å². The number of ether oxygens (including phenoxy) is 3. The summed E-state index contributed by atoms with van der Waals surface area (Å²) in [5.74, 6) is 2.60. The van der Waals surface area contributed by atoms with Gasteiger partial charge in [-0.25, -0.2) is 14.8 Å². The van der Waals surface area contributed by atoms with Crippen LogP contribution >= 0.6 is 0 Å². The van der Waals surface area contributed by atoms with Crippen molar-refractivity contribution < 1.29 is 71.8 Å². The van der Waals surface area contributed by atoms with Gasteiger partial charge in [0.25, 0.3) is 0 Å². The standard InChI is InChI=1S/C20H29N3O3.C15H21N3O.K.H/c1-14(2)16-10-21-17-9-15(7-8-23(16)17)25-13-20(6)11-22(12-20)18(24)26-19(3,4)5;1-11(2)13-7-17-14-6-12(4-5-18(13)14)19-10-15(3)8-16-9-15;;/h7-10,14H,11-13H2,1-6H3;4-7,11,16H,8-10H2,1-3H3;;/q;;+1;-1. The molecule has 2 aliphatic heterocycles. The molecule has 46 heavy (non-hydrogen) atoms. The molecule has 2 aliphatic rings. The second-order valence-corrected chi connectivity index (χ2v) is 15.0. The number of carbonyl (C=O) groups excluding carboxylic acids is 1. The van der Waals surface area contributed by atoms with Crippen LogP contribution in [0.3, 0.4) is 0 Å². The fraction of sp³-hybridized carbons (Fsp3) is 0.571. The molecule has 2 saturated heterocycles. The molecule has 0 saturated carbocycles. The first-order valence-corrected chi connectivity index (χ1v) is 16.0. The van der Waals surface area contributed by atoms with Crippen LogP contribution in [0.1, 0.15) is 87.0 Å². The van der Waals surface area contributed by atoms with E-state index in [0.29, 0.717) is 31.5 Å². The van der Waals surface area contributed by atoms with Crippen molar-refractivity contribution in [2.75, 3.05) is 39.4 Å². The van der Waals surface area contributed by atoms with E-state index in [4.69, 9.17) is 14.2 Å². The number of pyridine rings is 2. The summed E-state index contributed by atoms with van der Waals surface area (Å²) in [6.07, 6.45) is 7.66. The topological polar surface area (TPSA) is 94.6 Å². The Morgan fingerprint density at radius 3 is 1.72 bits per heavy atom. The van der Waals surface area contributed by atoms with Crippen LogP contribution in [0.4, 0.5) is 4.79 Å². The van der Waals surface area contributed by atoms with E-state index in [1.807, 2.05) is 69.8 Å². The Labute approximate surface area is 317 Å². The third kappa shape index (κ3) is 8.84. The van der Waals surface area contributed by atoms with Gasteiger partial charge in [0.2, 0.25) is 0 Å². The molecular formula is C35H51KN6O4. The zero-order chi connectivity index (χ0) is 32.6. The Morgan fingerprint density at radius 1 is 0.870 bits per heavy atom. The Hall–Kier alpha value is -2.15. The molecule has 0 spiro atoms. The van der Waals surface area contributed by atoms with E-state index in [9.17, 15) is 4.79 Å². The molecule has 0 unspecified atom stereocenters. The number of imidazole rings is 2. The van der Waals surface area contributed by atoms with E-state index in [0.717, 1.165) is 42.5 Å². The summed E-state index contributed by atoms with van der Waals surface area (Å²) in [6.45, 7) is 23.3. The maximum Gasteiger partial charge on any atom is 1.00 e. The van der Waals surface area contributed by atoms with E-state index in [-0.39, 0.29) is 69.7 Å². The van der Waals surface area contributed by atoms with Crippen LogP contribution in [0, 0.1) is 10.8 Å². The average Bonchev–Trinajstić information content (AvgIpc) is 3.56. The number of carbonyl (C=O) groups is 1. The molecule has 0 aliphatic carbocycles. The number of nitrogens with zero attached hydrogens (tertiary/aromatic N) is 5. The van der Waals surface area contributed by atoms with Crippen LogP contribution in [-0.4, -0.2) is 74.8 Å². The zero-order valence-electron chi connectivity index (χ0n) is 30.4. The molecule has 246 valence electrons. The van der Waals surface area contributed by atoms with Crippen LogP contribution in [0.2, 0.25) is 0 Å². The molecular weight excluding hydrogens is 608 g/mol. The minimum absolute atomic E-state index is 0. The molecule has 0 radical (unpaired) electrons. The molecule has 2 fully saturated rings. The number of aromatic nitrogens is 4. The smallest absolute Gasteiger partial charge is 1.00 e. The van der Waals surface area contributed by atoms with Gasteiger partial charge in [-0.3, -0.25) is 0 Å². The van der Waals surface area contributed by atoms with Gasteiger partial charge in [-0.05, 0) is 44.7 Å². The zero-order valence-corrected chi connectivity index (χ0v) is 32.5. The first kappa shape index (κ1) is 36.7. The molecule has 4 aromatic rings. The third-order valence-electron chi connectivity index (χ3n) is 8.28. The molecule has 0 bridgehead atoms. The van der Waals surface area contributed by atoms with Crippen molar-refractivity contribution in [2.45, 2.75) is 79.8 Å². The van der Waals surface area contributed by atoms with E-state index >= 15 is 0 Å². The van der Waals surface area contributed by atoms with Crippen molar-refractivity contribution in [2.24, 2.45) is 10.8 Å². The maximum absolute atomic E-state index is 12.1. The fourth-order valence-electron chi connectivity index (χ4n) is 5.59. The van der Waals surface area contributed by atoms with Crippen LogP contribution < -0.4 is 66.2 Å². The predicted molar refractivity (Wildman–Crippen MR) is 178 cm³/mol. The maximum atomic E-state index is 12.1. The van der Waals surface area contributed by atoms with Crippen molar-refractivity contribution >= 4 is 17.4 Å². The minimum atomic E-state index is -0.464. The number of nitrogens with one attached hydrogen (secondary N) is 1. The number of hydrogen-bond acceptors (Lipinski definition) is 7. The average molecular weight is 659 g/mol. The molecule has 4 aromatic heterocycles. The molecule has 6 heterocycles. The van der Waals surface area contributed by atoms with E-state index < -0.39 is 5.60 Å². The summed E-state index contributed by atoms with van der Waals surface area (Å²) >= 11 is 0. The monoisotopic (exact) mass is 658 g/mol. The second kappa shape index (κ2) is 14.5. The summed E-state index contributed by atoms with van der Waals surface area (Å²) in [5, 5.41) is 3.29. The van der Waals surface area contributed by atoms with E-state index in [2.05, 4.69) is 65.6 Å². The minimum Gasteiger partial charge on any atom is -1.00 e. The van der Waals surface area contributed by atoms with Gasteiger partial charge in [0.1, 0.15) is 28.4 Å². The summed E-state index contributed by atoms with van der Waals surface area (Å²) in [6, 6.07) is 7.96. The molecule has 1 N–H and O–H groups in total. The summed E-state index contributed by atoms with van der Waals surface area (Å²) < 4.78 is 21.5. The normalized spacial score (nSPS) is 16.7. The van der Waals surface area contributed by atoms with Crippen LogP contribution in [0.5, 0.6) is 11.5 Å². The molecule has 11 heteroatoms. The first-order chi connectivity index (χ1) is 21.1. The molecule has 6 rings (SSSR count). The molecule has 0 aromatic carbocycles. The van der Waals surface area contributed by atoms with Gasteiger partial charge in [-0.15, -0.1) is 0 Å². The van der Waals surface area contributed by atoms with Gasteiger partial charge < -0.3 is 34.7 Å². The molecule has 0 atom stereocenters. The summed E-state index contributed by atoms with van der Waals surface area (Å²) in [5.41, 5.74) is 4.03.